The van der Waals surface area contributed by atoms with Crippen LogP contribution < -0.4 is 15.8 Å². The Morgan fingerprint density at radius 1 is 1.40 bits per heavy atom. The number of hydrogen-bond acceptors (Lipinski definition) is 5. The molecule has 2 rings (SSSR count). The van der Waals surface area contributed by atoms with E-state index in [-0.39, 0.29) is 4.90 Å². The first-order valence-electron chi connectivity index (χ1n) is 6.00. The van der Waals surface area contributed by atoms with Crippen LogP contribution >= 0.6 is 0 Å². The van der Waals surface area contributed by atoms with Gasteiger partial charge in [-0.2, -0.15) is 5.10 Å². The zero-order chi connectivity index (χ0) is 14.8. The topological polar surface area (TPSA) is 113 Å². The van der Waals surface area contributed by atoms with Gasteiger partial charge in [-0.3, -0.25) is 5.10 Å². The van der Waals surface area contributed by atoms with Crippen LogP contribution in [0, 0.1) is 6.92 Å². The number of aromatic nitrogens is 2. The first-order valence-corrected chi connectivity index (χ1v) is 7.48. The third-order valence-electron chi connectivity index (χ3n) is 3.01. The summed E-state index contributed by atoms with van der Waals surface area (Å²) in [4.78, 5) is 0.167. The Morgan fingerprint density at radius 2 is 2.15 bits per heavy atom. The maximum atomic E-state index is 11.8. The molecule has 0 aliphatic rings. The second-order valence-corrected chi connectivity index (χ2v) is 6.22. The normalized spacial score (nSPS) is 11.5. The van der Waals surface area contributed by atoms with Crippen LogP contribution in [0.4, 0.5) is 11.4 Å². The first-order chi connectivity index (χ1) is 9.44. The fraction of sp³-hybridized carbons (Fsp3) is 0.250. The molecular weight excluding hydrogens is 278 g/mol. The summed E-state index contributed by atoms with van der Waals surface area (Å²) in [6.07, 6.45) is 1.71. The number of rotatable bonds is 5. The Morgan fingerprint density at radius 3 is 2.75 bits per heavy atom. The van der Waals surface area contributed by atoms with Crippen molar-refractivity contribution in [3.8, 4) is 0 Å². The number of benzene rings is 1. The van der Waals surface area contributed by atoms with Gasteiger partial charge in [0.1, 0.15) is 0 Å². The van der Waals surface area contributed by atoms with Crippen LogP contribution in [0.1, 0.15) is 11.3 Å². The van der Waals surface area contributed by atoms with Crippen LogP contribution in [0.5, 0.6) is 0 Å². The molecular formula is C12H17N5O2S. The summed E-state index contributed by atoms with van der Waals surface area (Å²) in [5.74, 6) is 0. The lowest BCUT2D eigenvalue weighted by Crippen LogP contribution is -2.18. The van der Waals surface area contributed by atoms with Gasteiger partial charge in [-0.1, -0.05) is 0 Å². The van der Waals surface area contributed by atoms with E-state index in [2.05, 4.69) is 20.2 Å². The molecule has 0 bridgehead atoms. The molecule has 0 aliphatic carbocycles. The standard InChI is InChI=1S/C12H17N5O2S/c1-8-9(7-16-17-8)6-15-12-5-10(3-4-11(12)13)20(18,19)14-2/h3-5,7,14-15H,6,13H2,1-2H3,(H,16,17). The highest BCUT2D eigenvalue weighted by Gasteiger charge is 2.13. The fourth-order valence-corrected chi connectivity index (χ4v) is 2.47. The second kappa shape index (κ2) is 5.51. The SMILES string of the molecule is CNS(=O)(=O)c1ccc(N)c(NCc2cn[nH]c2C)c1. The largest absolute Gasteiger partial charge is 0.397 e. The van der Waals surface area contributed by atoms with E-state index in [4.69, 9.17) is 5.73 Å². The highest BCUT2D eigenvalue weighted by atomic mass is 32.2. The minimum Gasteiger partial charge on any atom is -0.397 e. The van der Waals surface area contributed by atoms with E-state index in [0.29, 0.717) is 17.9 Å². The van der Waals surface area contributed by atoms with Crippen molar-refractivity contribution < 1.29 is 8.42 Å². The van der Waals surface area contributed by atoms with Gasteiger partial charge in [0, 0.05) is 17.8 Å². The van der Waals surface area contributed by atoms with Crippen molar-refractivity contribution in [1.82, 2.24) is 14.9 Å². The molecule has 1 aromatic heterocycles. The van der Waals surface area contributed by atoms with Gasteiger partial charge in [-0.15, -0.1) is 0 Å². The molecule has 0 spiro atoms. The van der Waals surface area contributed by atoms with E-state index < -0.39 is 10.0 Å². The Labute approximate surface area is 117 Å². The molecule has 108 valence electrons. The number of aryl methyl sites for hydroxylation is 1. The number of anilines is 2. The van der Waals surface area contributed by atoms with Gasteiger partial charge in [-0.25, -0.2) is 13.1 Å². The quantitative estimate of drug-likeness (QED) is 0.610. The predicted octanol–water partition coefficient (Wildman–Crippen LogP) is 0.821. The van der Waals surface area contributed by atoms with Gasteiger partial charge in [0.2, 0.25) is 10.0 Å². The molecule has 5 N–H and O–H groups in total. The number of nitrogen functional groups attached to an aromatic ring is 1. The van der Waals surface area contributed by atoms with E-state index in [1.807, 2.05) is 6.92 Å². The fourth-order valence-electron chi connectivity index (χ4n) is 1.72. The number of H-pyrrole nitrogens is 1. The van der Waals surface area contributed by atoms with Crippen molar-refractivity contribution in [3.63, 3.8) is 0 Å². The predicted molar refractivity (Wildman–Crippen MR) is 77.8 cm³/mol. The van der Waals surface area contributed by atoms with E-state index in [9.17, 15) is 8.42 Å². The number of sulfonamides is 1. The van der Waals surface area contributed by atoms with E-state index in [1.54, 1.807) is 12.3 Å². The molecule has 0 radical (unpaired) electrons. The third-order valence-corrected chi connectivity index (χ3v) is 4.42. The molecule has 20 heavy (non-hydrogen) atoms. The summed E-state index contributed by atoms with van der Waals surface area (Å²) in [5.41, 5.74) is 8.85. The minimum absolute atomic E-state index is 0.167. The summed E-state index contributed by atoms with van der Waals surface area (Å²) >= 11 is 0. The highest BCUT2D eigenvalue weighted by Crippen LogP contribution is 2.23. The van der Waals surface area contributed by atoms with Crippen molar-refractivity contribution in [3.05, 3.63) is 35.7 Å². The molecule has 0 saturated carbocycles. The molecule has 0 aliphatic heterocycles. The zero-order valence-electron chi connectivity index (χ0n) is 11.3. The van der Waals surface area contributed by atoms with Crippen molar-refractivity contribution >= 4 is 21.4 Å². The van der Waals surface area contributed by atoms with Crippen LogP contribution in [0.2, 0.25) is 0 Å². The van der Waals surface area contributed by atoms with E-state index >= 15 is 0 Å². The summed E-state index contributed by atoms with van der Waals surface area (Å²) in [6, 6.07) is 4.54. The maximum absolute atomic E-state index is 11.8. The Balaban J connectivity index is 2.24. The molecule has 7 nitrogen and oxygen atoms in total. The van der Waals surface area contributed by atoms with Crippen LogP contribution in [0.15, 0.2) is 29.3 Å². The highest BCUT2D eigenvalue weighted by molar-refractivity contribution is 7.89. The molecule has 1 heterocycles. The Kier molecular flexibility index (Phi) is 3.96. The lowest BCUT2D eigenvalue weighted by molar-refractivity contribution is 0.588. The van der Waals surface area contributed by atoms with Crippen molar-refractivity contribution in [2.75, 3.05) is 18.1 Å². The van der Waals surface area contributed by atoms with Gasteiger partial charge in [0.05, 0.1) is 22.5 Å². The summed E-state index contributed by atoms with van der Waals surface area (Å²) in [6.45, 7) is 2.42. The second-order valence-electron chi connectivity index (χ2n) is 4.33. The average molecular weight is 295 g/mol. The monoisotopic (exact) mass is 295 g/mol. The molecule has 0 atom stereocenters. The van der Waals surface area contributed by atoms with E-state index in [0.717, 1.165) is 11.3 Å². The zero-order valence-corrected chi connectivity index (χ0v) is 12.1. The molecule has 0 fully saturated rings. The smallest absolute Gasteiger partial charge is 0.240 e. The molecule has 8 heteroatoms. The molecule has 1 aromatic carbocycles. The molecule has 0 saturated heterocycles. The van der Waals surface area contributed by atoms with Gasteiger partial charge in [-0.05, 0) is 32.2 Å². The van der Waals surface area contributed by atoms with Crippen molar-refractivity contribution in [1.29, 1.82) is 0 Å². The van der Waals surface area contributed by atoms with Gasteiger partial charge >= 0.3 is 0 Å². The number of aromatic amines is 1. The van der Waals surface area contributed by atoms with Crippen LogP contribution in [0.3, 0.4) is 0 Å². The van der Waals surface area contributed by atoms with Crippen molar-refractivity contribution in [2.24, 2.45) is 0 Å². The maximum Gasteiger partial charge on any atom is 0.240 e. The summed E-state index contributed by atoms with van der Waals surface area (Å²) in [5, 5.41) is 9.88. The Hall–Kier alpha value is -2.06. The van der Waals surface area contributed by atoms with Crippen LogP contribution in [-0.4, -0.2) is 25.7 Å². The third kappa shape index (κ3) is 2.91. The molecule has 0 amide bonds. The summed E-state index contributed by atoms with van der Waals surface area (Å²) in [7, 11) is -2.11. The molecule has 0 unspecified atom stereocenters. The van der Waals surface area contributed by atoms with Gasteiger partial charge < -0.3 is 11.1 Å². The minimum atomic E-state index is -3.48. The number of nitrogens with two attached hydrogens (primary N) is 1. The van der Waals surface area contributed by atoms with Crippen molar-refractivity contribution in [2.45, 2.75) is 18.4 Å². The summed E-state index contributed by atoms with van der Waals surface area (Å²) < 4.78 is 25.8. The Bertz CT molecular complexity index is 708. The lowest BCUT2D eigenvalue weighted by atomic mass is 10.2. The average Bonchev–Trinajstić information content (AvgIpc) is 2.83. The van der Waals surface area contributed by atoms with E-state index in [1.165, 1.54) is 19.2 Å². The van der Waals surface area contributed by atoms with Crippen LogP contribution in [-0.2, 0) is 16.6 Å². The van der Waals surface area contributed by atoms with Gasteiger partial charge in [0.25, 0.3) is 0 Å². The number of hydrogen-bond donors (Lipinski definition) is 4. The van der Waals surface area contributed by atoms with Crippen LogP contribution in [0.25, 0.3) is 0 Å². The number of nitrogens with one attached hydrogen (secondary N) is 3. The van der Waals surface area contributed by atoms with Gasteiger partial charge in [0.15, 0.2) is 0 Å². The lowest BCUT2D eigenvalue weighted by Gasteiger charge is -2.11. The molecule has 2 aromatic rings. The first kappa shape index (κ1) is 14.4. The number of nitrogens with zero attached hydrogens (tertiary/aromatic N) is 1.